The zero-order chi connectivity index (χ0) is 13.7. The fourth-order valence-corrected chi connectivity index (χ4v) is 3.21. The summed E-state index contributed by atoms with van der Waals surface area (Å²) < 4.78 is 5.43. The van der Waals surface area contributed by atoms with E-state index in [2.05, 4.69) is 22.8 Å². The van der Waals surface area contributed by atoms with E-state index in [0.29, 0.717) is 12.6 Å². The Balaban J connectivity index is 2.00. The molecule has 0 unspecified atom stereocenters. The zero-order valence-corrected chi connectivity index (χ0v) is 12.5. The van der Waals surface area contributed by atoms with Crippen LogP contribution in [-0.4, -0.2) is 38.8 Å². The molecule has 1 aromatic rings. The van der Waals surface area contributed by atoms with Crippen LogP contribution < -0.4 is 10.2 Å². The van der Waals surface area contributed by atoms with Crippen LogP contribution in [0.4, 0.5) is 0 Å². The molecule has 0 radical (unpaired) electrons. The second-order valence-electron chi connectivity index (χ2n) is 5.24. The molecular weight excluding hydrogens is 260 g/mol. The average Bonchev–Trinajstić information content (AvgIpc) is 2.94. The quantitative estimate of drug-likeness (QED) is 0.825. The highest BCUT2D eigenvalue weighted by Crippen LogP contribution is 2.16. The second-order valence-corrected chi connectivity index (χ2v) is 6.22. The van der Waals surface area contributed by atoms with Crippen LogP contribution in [0.3, 0.4) is 0 Å². The molecule has 19 heavy (non-hydrogen) atoms. The van der Waals surface area contributed by atoms with E-state index >= 15 is 0 Å². The van der Waals surface area contributed by atoms with Gasteiger partial charge in [-0.05, 0) is 11.4 Å². The van der Waals surface area contributed by atoms with Gasteiger partial charge in [-0.15, -0.1) is 11.3 Å². The summed E-state index contributed by atoms with van der Waals surface area (Å²) in [6.07, 6.45) is 0. The van der Waals surface area contributed by atoms with Crippen LogP contribution in [0, 0.1) is 5.92 Å². The highest BCUT2D eigenvalue weighted by Gasteiger charge is 2.27. The van der Waals surface area contributed by atoms with Gasteiger partial charge in [0, 0.05) is 5.92 Å². The Morgan fingerprint density at radius 2 is 2.21 bits per heavy atom. The molecule has 4 nitrogen and oxygen atoms in total. The van der Waals surface area contributed by atoms with Gasteiger partial charge in [-0.3, -0.25) is 4.79 Å². The molecule has 106 valence electrons. The molecular formula is C14H23N2O2S+. The number of nitrogens with one attached hydrogen (secondary N) is 2. The Kier molecular flexibility index (Phi) is 5.36. The first-order chi connectivity index (χ1) is 9.18. The summed E-state index contributed by atoms with van der Waals surface area (Å²) in [4.78, 5) is 14.6. The number of ether oxygens (including phenoxy) is 1. The Morgan fingerprint density at radius 1 is 1.47 bits per heavy atom. The van der Waals surface area contributed by atoms with Crippen LogP contribution in [0.25, 0.3) is 0 Å². The van der Waals surface area contributed by atoms with Crippen molar-refractivity contribution in [3.63, 3.8) is 0 Å². The summed E-state index contributed by atoms with van der Waals surface area (Å²) in [5, 5.41) is 5.18. The number of hydrogen-bond donors (Lipinski definition) is 2. The minimum atomic E-state index is 0.0451. The smallest absolute Gasteiger partial charge is 0.222 e. The van der Waals surface area contributed by atoms with Crippen molar-refractivity contribution >= 4 is 17.2 Å². The number of rotatable bonds is 5. The lowest BCUT2D eigenvalue weighted by molar-refractivity contribution is -0.937. The predicted molar refractivity (Wildman–Crippen MR) is 76.4 cm³/mol. The lowest BCUT2D eigenvalue weighted by Gasteiger charge is -2.31. The number of quaternary nitrogens is 1. The maximum Gasteiger partial charge on any atom is 0.222 e. The molecule has 5 heteroatoms. The van der Waals surface area contributed by atoms with Crippen LogP contribution in [0.2, 0.25) is 0 Å². The Labute approximate surface area is 118 Å². The molecule has 1 aromatic heterocycles. The summed E-state index contributed by atoms with van der Waals surface area (Å²) in [5.74, 6) is 0.179. The van der Waals surface area contributed by atoms with Crippen LogP contribution in [0.15, 0.2) is 17.5 Å². The minimum Gasteiger partial charge on any atom is -0.370 e. The van der Waals surface area contributed by atoms with Gasteiger partial charge in [-0.1, -0.05) is 19.9 Å². The summed E-state index contributed by atoms with van der Waals surface area (Å²) in [6.45, 7) is 8.23. The van der Waals surface area contributed by atoms with Crippen molar-refractivity contribution in [3.8, 4) is 0 Å². The van der Waals surface area contributed by atoms with Gasteiger partial charge >= 0.3 is 0 Å². The van der Waals surface area contributed by atoms with Crippen LogP contribution >= 0.6 is 11.3 Å². The van der Waals surface area contributed by atoms with Crippen molar-refractivity contribution in [2.45, 2.75) is 19.9 Å². The van der Waals surface area contributed by atoms with E-state index in [4.69, 9.17) is 4.74 Å². The lowest BCUT2D eigenvalue weighted by atomic mass is 10.1. The summed E-state index contributed by atoms with van der Waals surface area (Å²) in [7, 11) is 0. The third-order valence-electron chi connectivity index (χ3n) is 3.52. The maximum absolute atomic E-state index is 11.8. The highest BCUT2D eigenvalue weighted by molar-refractivity contribution is 7.10. The Morgan fingerprint density at radius 3 is 2.79 bits per heavy atom. The van der Waals surface area contributed by atoms with Crippen molar-refractivity contribution in [1.82, 2.24) is 5.32 Å². The molecule has 1 aliphatic heterocycles. The predicted octanol–water partition coefficient (Wildman–Crippen LogP) is 0.477. The maximum atomic E-state index is 11.8. The van der Waals surface area contributed by atoms with Gasteiger partial charge in [0.1, 0.15) is 19.1 Å². The molecule has 2 heterocycles. The number of amides is 1. The second kappa shape index (κ2) is 7.03. The van der Waals surface area contributed by atoms with E-state index in [-0.39, 0.29) is 11.8 Å². The lowest BCUT2D eigenvalue weighted by Crippen LogP contribution is -3.15. The van der Waals surface area contributed by atoms with Gasteiger partial charge in [0.2, 0.25) is 5.91 Å². The molecule has 0 aliphatic carbocycles. The molecule has 1 amide bonds. The third-order valence-corrected chi connectivity index (χ3v) is 4.51. The first-order valence-corrected chi connectivity index (χ1v) is 7.80. The number of thiophene rings is 1. The van der Waals surface area contributed by atoms with Crippen LogP contribution in [0.5, 0.6) is 0 Å². The standard InChI is InChI=1S/C14H22N2O2S/c1-11(2)14(17)15-10-12(13-4-3-9-19-13)16-5-7-18-8-6-16/h3-4,9,11-12H,5-8,10H2,1-2H3,(H,15,17)/p+1/t12-/m1/s1. The molecule has 2 N–H and O–H groups in total. The fraction of sp³-hybridized carbons (Fsp3) is 0.643. The van der Waals surface area contributed by atoms with Gasteiger partial charge < -0.3 is 15.0 Å². The number of carbonyl (C=O) groups excluding carboxylic acids is 1. The van der Waals surface area contributed by atoms with Gasteiger partial charge in [-0.25, -0.2) is 0 Å². The number of morpholine rings is 1. The van der Waals surface area contributed by atoms with Crippen LogP contribution in [-0.2, 0) is 9.53 Å². The average molecular weight is 283 g/mol. The van der Waals surface area contributed by atoms with E-state index in [1.54, 1.807) is 11.3 Å². The molecule has 1 atom stereocenters. The molecule has 1 aliphatic rings. The zero-order valence-electron chi connectivity index (χ0n) is 11.6. The topological polar surface area (TPSA) is 42.8 Å². The van der Waals surface area contributed by atoms with Gasteiger partial charge in [0.05, 0.1) is 24.6 Å². The third kappa shape index (κ3) is 4.03. The van der Waals surface area contributed by atoms with Crippen molar-refractivity contribution in [2.75, 3.05) is 32.8 Å². The van der Waals surface area contributed by atoms with Crippen molar-refractivity contribution in [2.24, 2.45) is 5.92 Å². The Hall–Kier alpha value is -0.910. The molecule has 0 bridgehead atoms. The van der Waals surface area contributed by atoms with Gasteiger partial charge in [0.15, 0.2) is 0 Å². The van der Waals surface area contributed by atoms with E-state index < -0.39 is 0 Å². The van der Waals surface area contributed by atoms with Crippen molar-refractivity contribution in [1.29, 1.82) is 0 Å². The van der Waals surface area contributed by atoms with E-state index in [1.165, 1.54) is 9.78 Å². The summed E-state index contributed by atoms with van der Waals surface area (Å²) >= 11 is 1.77. The number of carbonyl (C=O) groups is 1. The van der Waals surface area contributed by atoms with Crippen molar-refractivity contribution in [3.05, 3.63) is 22.4 Å². The molecule has 1 saturated heterocycles. The molecule has 0 saturated carbocycles. The first-order valence-electron chi connectivity index (χ1n) is 6.92. The Bertz CT molecular complexity index is 386. The summed E-state index contributed by atoms with van der Waals surface area (Å²) in [6, 6.07) is 4.60. The summed E-state index contributed by atoms with van der Waals surface area (Å²) in [5.41, 5.74) is 0. The molecule has 0 aromatic carbocycles. The minimum absolute atomic E-state index is 0.0451. The monoisotopic (exact) mass is 283 g/mol. The van der Waals surface area contributed by atoms with E-state index in [1.807, 2.05) is 13.8 Å². The molecule has 0 spiro atoms. The SMILES string of the molecule is CC(C)C(=O)NC[C@H](c1cccs1)[NH+]1CCOCC1. The van der Waals surface area contributed by atoms with Crippen molar-refractivity contribution < 1.29 is 14.4 Å². The fourth-order valence-electron chi connectivity index (χ4n) is 2.32. The van der Waals surface area contributed by atoms with Gasteiger partial charge in [-0.2, -0.15) is 0 Å². The molecule has 1 fully saturated rings. The first kappa shape index (κ1) is 14.5. The van der Waals surface area contributed by atoms with Gasteiger partial charge in [0.25, 0.3) is 0 Å². The van der Waals surface area contributed by atoms with Crippen LogP contribution in [0.1, 0.15) is 24.8 Å². The normalized spacial score (nSPS) is 18.5. The number of hydrogen-bond acceptors (Lipinski definition) is 3. The van der Waals surface area contributed by atoms with E-state index in [9.17, 15) is 4.79 Å². The van der Waals surface area contributed by atoms with E-state index in [0.717, 1.165) is 26.3 Å². The highest BCUT2D eigenvalue weighted by atomic mass is 32.1. The largest absolute Gasteiger partial charge is 0.370 e. The molecule has 2 rings (SSSR count).